The predicted molar refractivity (Wildman–Crippen MR) is 73.5 cm³/mol. The average molecular weight is 284 g/mol. The Kier molecular flexibility index (Phi) is 5.33. The summed E-state index contributed by atoms with van der Waals surface area (Å²) in [7, 11) is 0. The third-order valence-corrected chi connectivity index (χ3v) is 4.20. The zero-order valence-electron chi connectivity index (χ0n) is 12.0. The molecule has 2 aliphatic rings. The third-order valence-electron chi connectivity index (χ3n) is 4.20. The summed E-state index contributed by atoms with van der Waals surface area (Å²) in [5, 5.41) is 0. The fourth-order valence-corrected chi connectivity index (χ4v) is 2.78. The summed E-state index contributed by atoms with van der Waals surface area (Å²) in [6, 6.07) is 0.285. The van der Waals surface area contributed by atoms with Gasteiger partial charge in [-0.15, -0.1) is 0 Å². The van der Waals surface area contributed by atoms with E-state index < -0.39 is 0 Å². The van der Waals surface area contributed by atoms with Crippen molar-refractivity contribution in [1.82, 2.24) is 15.2 Å². The summed E-state index contributed by atoms with van der Waals surface area (Å²) in [6.45, 7) is 5.97. The molecule has 0 aromatic carbocycles. The van der Waals surface area contributed by atoms with Crippen LogP contribution >= 0.6 is 0 Å². The zero-order chi connectivity index (χ0) is 14.5. The van der Waals surface area contributed by atoms with Crippen LogP contribution in [-0.2, 0) is 14.3 Å². The Morgan fingerprint density at radius 2 is 2.00 bits per heavy atom. The van der Waals surface area contributed by atoms with Gasteiger partial charge in [0.1, 0.15) is 0 Å². The van der Waals surface area contributed by atoms with E-state index in [0.29, 0.717) is 45.7 Å². The summed E-state index contributed by atoms with van der Waals surface area (Å²) < 4.78 is 5.37. The van der Waals surface area contributed by atoms with E-state index in [9.17, 15) is 9.59 Å². The number of rotatable bonds is 3. The van der Waals surface area contributed by atoms with E-state index in [0.717, 1.165) is 6.54 Å². The average Bonchev–Trinajstić information content (AvgIpc) is 2.49. The van der Waals surface area contributed by atoms with Crippen LogP contribution in [0.3, 0.4) is 0 Å². The molecule has 0 aromatic heterocycles. The van der Waals surface area contributed by atoms with Crippen molar-refractivity contribution in [2.75, 3.05) is 39.4 Å². The van der Waals surface area contributed by atoms with Gasteiger partial charge in [0.25, 0.3) is 0 Å². The lowest BCUT2D eigenvalue weighted by molar-refractivity contribution is -0.138. The van der Waals surface area contributed by atoms with Gasteiger partial charge in [0.2, 0.25) is 11.8 Å². The number of amides is 2. The number of hydrogen-bond donors (Lipinski definition) is 2. The number of nitrogens with zero attached hydrogens (tertiary/aromatic N) is 2. The summed E-state index contributed by atoms with van der Waals surface area (Å²) >= 11 is 0. The number of likely N-dealkylation sites (tertiary alicyclic amines) is 1. The topological polar surface area (TPSA) is 87.9 Å². The first-order chi connectivity index (χ1) is 9.61. The standard InChI is InChI=1S/C13H24N4O3/c1-10-9-20-7-6-17(10)8-12(18)16-4-2-11(3-5-16)13(19)15-14/h10-11H,2-9,14H2,1H3,(H,15,19). The maximum atomic E-state index is 12.3. The number of nitrogens with two attached hydrogens (primary N) is 1. The van der Waals surface area contributed by atoms with Gasteiger partial charge in [-0.25, -0.2) is 5.84 Å². The number of piperidine rings is 1. The number of carbonyl (C=O) groups is 2. The van der Waals surface area contributed by atoms with E-state index in [1.54, 1.807) is 0 Å². The van der Waals surface area contributed by atoms with Gasteiger partial charge >= 0.3 is 0 Å². The summed E-state index contributed by atoms with van der Waals surface area (Å²) in [4.78, 5) is 27.7. The van der Waals surface area contributed by atoms with Crippen LogP contribution in [0.25, 0.3) is 0 Å². The van der Waals surface area contributed by atoms with Crippen LogP contribution in [-0.4, -0.2) is 67.0 Å². The molecule has 0 bridgehead atoms. The number of hydrazine groups is 1. The molecule has 1 atom stereocenters. The van der Waals surface area contributed by atoms with Crippen molar-refractivity contribution in [3.05, 3.63) is 0 Å². The highest BCUT2D eigenvalue weighted by Gasteiger charge is 2.29. The molecule has 114 valence electrons. The highest BCUT2D eigenvalue weighted by atomic mass is 16.5. The van der Waals surface area contributed by atoms with Crippen LogP contribution in [0.4, 0.5) is 0 Å². The van der Waals surface area contributed by atoms with Crippen molar-refractivity contribution in [2.45, 2.75) is 25.8 Å². The molecule has 7 heteroatoms. The lowest BCUT2D eigenvalue weighted by Crippen LogP contribution is -2.51. The Bertz CT molecular complexity index is 356. The van der Waals surface area contributed by atoms with Gasteiger partial charge in [-0.05, 0) is 19.8 Å². The van der Waals surface area contributed by atoms with Gasteiger partial charge in [0.15, 0.2) is 0 Å². The third kappa shape index (κ3) is 3.68. The number of carbonyl (C=O) groups excluding carboxylic acids is 2. The lowest BCUT2D eigenvalue weighted by atomic mass is 9.96. The van der Waals surface area contributed by atoms with Crippen LogP contribution in [0, 0.1) is 5.92 Å². The summed E-state index contributed by atoms with van der Waals surface area (Å²) in [5.41, 5.74) is 2.19. The molecule has 20 heavy (non-hydrogen) atoms. The number of morpholine rings is 1. The van der Waals surface area contributed by atoms with Gasteiger partial charge in [-0.2, -0.15) is 0 Å². The maximum Gasteiger partial charge on any atom is 0.237 e. The molecule has 2 aliphatic heterocycles. The second kappa shape index (κ2) is 7.01. The molecule has 0 radical (unpaired) electrons. The van der Waals surface area contributed by atoms with Crippen LogP contribution < -0.4 is 11.3 Å². The Labute approximate surface area is 119 Å². The lowest BCUT2D eigenvalue weighted by Gasteiger charge is -2.36. The minimum Gasteiger partial charge on any atom is -0.379 e. The molecule has 2 heterocycles. The molecule has 2 fully saturated rings. The van der Waals surface area contributed by atoms with Crippen molar-refractivity contribution in [1.29, 1.82) is 0 Å². The highest BCUT2D eigenvalue weighted by molar-refractivity contribution is 5.80. The van der Waals surface area contributed by atoms with Crippen molar-refractivity contribution in [3.8, 4) is 0 Å². The number of nitrogens with one attached hydrogen (secondary N) is 1. The largest absolute Gasteiger partial charge is 0.379 e. The van der Waals surface area contributed by atoms with Crippen molar-refractivity contribution < 1.29 is 14.3 Å². The summed E-state index contributed by atoms with van der Waals surface area (Å²) in [5.74, 6) is 5.09. The summed E-state index contributed by atoms with van der Waals surface area (Å²) in [6.07, 6.45) is 1.38. The van der Waals surface area contributed by atoms with Crippen molar-refractivity contribution >= 4 is 11.8 Å². The number of ether oxygens (including phenoxy) is 1. The highest BCUT2D eigenvalue weighted by Crippen LogP contribution is 2.17. The second-order valence-electron chi connectivity index (χ2n) is 5.56. The normalized spacial score (nSPS) is 25.5. The Morgan fingerprint density at radius 1 is 1.30 bits per heavy atom. The van der Waals surface area contributed by atoms with Gasteiger partial charge < -0.3 is 9.64 Å². The van der Waals surface area contributed by atoms with Crippen LogP contribution in [0.5, 0.6) is 0 Å². The smallest absolute Gasteiger partial charge is 0.237 e. The predicted octanol–water partition coefficient (Wildman–Crippen LogP) is -1.06. The quantitative estimate of drug-likeness (QED) is 0.392. The van der Waals surface area contributed by atoms with Crippen LogP contribution in [0.15, 0.2) is 0 Å². The molecule has 0 spiro atoms. The van der Waals surface area contributed by atoms with Crippen molar-refractivity contribution in [2.24, 2.45) is 11.8 Å². The monoisotopic (exact) mass is 284 g/mol. The van der Waals surface area contributed by atoms with E-state index in [1.165, 1.54) is 0 Å². The molecule has 1 unspecified atom stereocenters. The van der Waals surface area contributed by atoms with Gasteiger partial charge in [-0.3, -0.25) is 19.9 Å². The second-order valence-corrected chi connectivity index (χ2v) is 5.56. The molecule has 2 amide bonds. The van der Waals surface area contributed by atoms with Crippen molar-refractivity contribution in [3.63, 3.8) is 0 Å². The maximum absolute atomic E-state index is 12.3. The van der Waals surface area contributed by atoms with Gasteiger partial charge in [-0.1, -0.05) is 0 Å². The Hall–Kier alpha value is -1.18. The Morgan fingerprint density at radius 3 is 2.60 bits per heavy atom. The van der Waals surface area contributed by atoms with E-state index in [1.807, 2.05) is 4.90 Å². The minimum atomic E-state index is -0.126. The molecule has 0 aromatic rings. The molecule has 2 saturated heterocycles. The van der Waals surface area contributed by atoms with Gasteiger partial charge in [0, 0.05) is 31.6 Å². The van der Waals surface area contributed by atoms with E-state index >= 15 is 0 Å². The molecular formula is C13H24N4O3. The molecule has 7 nitrogen and oxygen atoms in total. The Balaban J connectivity index is 1.78. The molecule has 3 N–H and O–H groups in total. The van der Waals surface area contributed by atoms with Crippen LogP contribution in [0.2, 0.25) is 0 Å². The SMILES string of the molecule is CC1COCCN1CC(=O)N1CCC(C(=O)NN)CC1. The first-order valence-corrected chi connectivity index (χ1v) is 7.22. The van der Waals surface area contributed by atoms with E-state index in [2.05, 4.69) is 17.2 Å². The molecule has 0 aliphatic carbocycles. The fraction of sp³-hybridized carbons (Fsp3) is 0.846. The molecule has 2 rings (SSSR count). The van der Waals surface area contributed by atoms with E-state index in [4.69, 9.17) is 10.6 Å². The molecular weight excluding hydrogens is 260 g/mol. The van der Waals surface area contributed by atoms with Gasteiger partial charge in [0.05, 0.1) is 19.8 Å². The first-order valence-electron chi connectivity index (χ1n) is 7.22. The number of hydrogen-bond acceptors (Lipinski definition) is 5. The minimum absolute atomic E-state index is 0.0636. The molecule has 0 saturated carbocycles. The van der Waals surface area contributed by atoms with Crippen LogP contribution in [0.1, 0.15) is 19.8 Å². The van der Waals surface area contributed by atoms with E-state index in [-0.39, 0.29) is 23.8 Å². The first kappa shape index (κ1) is 15.2. The fourth-order valence-electron chi connectivity index (χ4n) is 2.78. The zero-order valence-corrected chi connectivity index (χ0v) is 12.0.